The van der Waals surface area contributed by atoms with Gasteiger partial charge in [-0.1, -0.05) is 19.9 Å². The Morgan fingerprint density at radius 2 is 1.94 bits per heavy atom. The van der Waals surface area contributed by atoms with Crippen LogP contribution in [0.2, 0.25) is 0 Å². The molecule has 0 bridgehead atoms. The number of nitro groups is 1. The number of ether oxygens (including phenoxy) is 4. The van der Waals surface area contributed by atoms with Gasteiger partial charge in [-0.2, -0.15) is 5.26 Å². The molecule has 2 aromatic rings. The van der Waals surface area contributed by atoms with Crippen LogP contribution in [0.1, 0.15) is 25.8 Å². The van der Waals surface area contributed by atoms with Crippen molar-refractivity contribution in [2.45, 2.75) is 20.3 Å². The van der Waals surface area contributed by atoms with Crippen LogP contribution in [0.25, 0.3) is 6.08 Å². The minimum Gasteiger partial charge on any atom is -0.493 e. The van der Waals surface area contributed by atoms with E-state index >= 15 is 0 Å². The summed E-state index contributed by atoms with van der Waals surface area (Å²) in [7, 11) is 1.50. The number of methoxy groups -OCH3 is 1. The normalized spacial score (nSPS) is 12.6. The van der Waals surface area contributed by atoms with E-state index in [0.717, 1.165) is 6.42 Å². The molecule has 1 aliphatic heterocycles. The summed E-state index contributed by atoms with van der Waals surface area (Å²) in [6.45, 7) is 5.28. The molecule has 0 saturated carbocycles. The number of hydrogen-bond acceptors (Lipinski definition) is 8. The minimum atomic E-state index is -0.807. The quantitative estimate of drug-likeness (QED) is 0.249. The number of nitrogens with zero attached hydrogens (tertiary/aromatic N) is 2. The van der Waals surface area contributed by atoms with E-state index < -0.39 is 10.8 Å². The number of hydrogen-bond donors (Lipinski definition) is 1. The first kappa shape index (κ1) is 24.4. The Morgan fingerprint density at radius 3 is 2.56 bits per heavy atom. The van der Waals surface area contributed by atoms with Crippen molar-refractivity contribution in [2.24, 2.45) is 5.92 Å². The Labute approximate surface area is 196 Å². The number of nitro benzene ring substituents is 1. The summed E-state index contributed by atoms with van der Waals surface area (Å²) in [6.07, 6.45) is 2.25. The van der Waals surface area contributed by atoms with E-state index in [1.54, 1.807) is 18.2 Å². The highest BCUT2D eigenvalue weighted by Gasteiger charge is 2.24. The minimum absolute atomic E-state index is 0.105. The molecular formula is C24H25N3O7. The predicted molar refractivity (Wildman–Crippen MR) is 124 cm³/mol. The van der Waals surface area contributed by atoms with Gasteiger partial charge in [-0.3, -0.25) is 14.9 Å². The van der Waals surface area contributed by atoms with Crippen LogP contribution in [-0.4, -0.2) is 37.8 Å². The molecule has 3 rings (SSSR count). The Hall–Kier alpha value is -4.26. The average molecular weight is 467 g/mol. The molecule has 0 fully saturated rings. The highest BCUT2D eigenvalue weighted by molar-refractivity contribution is 6.10. The highest BCUT2D eigenvalue weighted by atomic mass is 16.6. The molecule has 0 unspecified atom stereocenters. The van der Waals surface area contributed by atoms with Crippen LogP contribution in [0.15, 0.2) is 35.9 Å². The third-order valence-electron chi connectivity index (χ3n) is 4.92. The summed E-state index contributed by atoms with van der Waals surface area (Å²) < 4.78 is 21.9. The summed E-state index contributed by atoms with van der Waals surface area (Å²) in [6, 6.07) is 9.35. The molecule has 2 aromatic carbocycles. The fraction of sp³-hybridized carbons (Fsp3) is 0.333. The molecule has 0 spiro atoms. The van der Waals surface area contributed by atoms with E-state index in [0.29, 0.717) is 29.6 Å². The zero-order valence-electron chi connectivity index (χ0n) is 19.1. The summed E-state index contributed by atoms with van der Waals surface area (Å²) in [5, 5.41) is 23.5. The van der Waals surface area contributed by atoms with Crippen LogP contribution >= 0.6 is 0 Å². The topological polar surface area (TPSA) is 133 Å². The first-order valence-corrected chi connectivity index (χ1v) is 10.6. The van der Waals surface area contributed by atoms with Crippen molar-refractivity contribution in [3.63, 3.8) is 0 Å². The Balaban J connectivity index is 1.83. The largest absolute Gasteiger partial charge is 0.493 e. The second kappa shape index (κ2) is 11.0. The Kier molecular flexibility index (Phi) is 7.92. The summed E-state index contributed by atoms with van der Waals surface area (Å²) in [5.41, 5.74) is -0.206. The van der Waals surface area contributed by atoms with Crippen molar-refractivity contribution in [3.8, 4) is 29.1 Å². The molecule has 0 aliphatic carbocycles. The third-order valence-corrected chi connectivity index (χ3v) is 4.92. The van der Waals surface area contributed by atoms with E-state index in [4.69, 9.17) is 18.9 Å². The maximum atomic E-state index is 12.8. The standard InChI is InChI=1S/C24H25N3O7/c1-15(2)6-7-32-20-5-4-16(11-21(20)31-3)10-17(14-25)24(28)26-18-12-22-23(34-9-8-33-22)13-19(18)27(29)30/h4-5,10-13,15H,6-9H2,1-3H3,(H,26,28)/b17-10+. The zero-order chi connectivity index (χ0) is 24.7. The summed E-state index contributed by atoms with van der Waals surface area (Å²) >= 11 is 0. The number of amides is 1. The van der Waals surface area contributed by atoms with Crippen molar-refractivity contribution in [1.82, 2.24) is 0 Å². The lowest BCUT2D eigenvalue weighted by Gasteiger charge is -2.19. The van der Waals surface area contributed by atoms with Gasteiger partial charge in [0.2, 0.25) is 0 Å². The maximum absolute atomic E-state index is 12.8. The lowest BCUT2D eigenvalue weighted by Crippen LogP contribution is -2.18. The van der Waals surface area contributed by atoms with Crippen molar-refractivity contribution in [3.05, 3.63) is 51.6 Å². The van der Waals surface area contributed by atoms with Gasteiger partial charge in [-0.15, -0.1) is 0 Å². The molecule has 10 nitrogen and oxygen atoms in total. The summed E-state index contributed by atoms with van der Waals surface area (Å²) in [5.74, 6) is 1.18. The monoisotopic (exact) mass is 467 g/mol. The predicted octanol–water partition coefficient (Wildman–Crippen LogP) is 4.35. The molecular weight excluding hydrogens is 442 g/mol. The molecule has 0 radical (unpaired) electrons. The zero-order valence-corrected chi connectivity index (χ0v) is 19.1. The lowest BCUT2D eigenvalue weighted by molar-refractivity contribution is -0.384. The van der Waals surface area contributed by atoms with E-state index in [1.165, 1.54) is 25.3 Å². The molecule has 0 aromatic heterocycles. The molecule has 0 saturated heterocycles. The number of nitrogens with one attached hydrogen (secondary N) is 1. The number of benzene rings is 2. The molecule has 34 heavy (non-hydrogen) atoms. The maximum Gasteiger partial charge on any atom is 0.296 e. The van der Waals surface area contributed by atoms with Gasteiger partial charge in [-0.25, -0.2) is 0 Å². The number of carbonyl (C=O) groups is 1. The average Bonchev–Trinajstić information content (AvgIpc) is 2.82. The third kappa shape index (κ3) is 5.95. The molecule has 178 valence electrons. The highest BCUT2D eigenvalue weighted by Crippen LogP contribution is 2.39. The SMILES string of the molecule is COc1cc(/C=C(\C#N)C(=O)Nc2cc3c(cc2[N+](=O)[O-])OCCO3)ccc1OCCC(C)C. The smallest absolute Gasteiger partial charge is 0.296 e. The number of nitriles is 1. The van der Waals surface area contributed by atoms with Crippen LogP contribution in [0.4, 0.5) is 11.4 Å². The number of carbonyl (C=O) groups excluding carboxylic acids is 1. The second-order valence-corrected chi connectivity index (χ2v) is 7.84. The van der Waals surface area contributed by atoms with Crippen LogP contribution < -0.4 is 24.3 Å². The summed E-state index contributed by atoms with van der Waals surface area (Å²) in [4.78, 5) is 23.6. The Bertz CT molecular complexity index is 1150. The number of anilines is 1. The van der Waals surface area contributed by atoms with Crippen LogP contribution in [-0.2, 0) is 4.79 Å². The molecule has 1 N–H and O–H groups in total. The van der Waals surface area contributed by atoms with E-state index in [1.807, 2.05) is 6.07 Å². The van der Waals surface area contributed by atoms with Gasteiger partial charge in [0.25, 0.3) is 11.6 Å². The van der Waals surface area contributed by atoms with Gasteiger partial charge in [0, 0.05) is 6.07 Å². The van der Waals surface area contributed by atoms with E-state index in [2.05, 4.69) is 19.2 Å². The molecule has 1 amide bonds. The van der Waals surface area contributed by atoms with E-state index in [-0.39, 0.29) is 41.7 Å². The molecule has 1 aliphatic rings. The van der Waals surface area contributed by atoms with Crippen LogP contribution in [0.5, 0.6) is 23.0 Å². The molecule has 0 atom stereocenters. The van der Waals surface area contributed by atoms with E-state index in [9.17, 15) is 20.2 Å². The van der Waals surface area contributed by atoms with Gasteiger partial charge in [0.1, 0.15) is 30.5 Å². The second-order valence-electron chi connectivity index (χ2n) is 7.84. The van der Waals surface area contributed by atoms with Gasteiger partial charge in [0.05, 0.1) is 24.7 Å². The van der Waals surface area contributed by atoms with Crippen molar-refractivity contribution < 1.29 is 28.7 Å². The van der Waals surface area contributed by atoms with Crippen LogP contribution in [0.3, 0.4) is 0 Å². The van der Waals surface area contributed by atoms with Crippen LogP contribution in [0, 0.1) is 27.4 Å². The van der Waals surface area contributed by atoms with Gasteiger partial charge in [-0.05, 0) is 36.1 Å². The number of rotatable bonds is 9. The lowest BCUT2D eigenvalue weighted by atomic mass is 10.1. The fourth-order valence-corrected chi connectivity index (χ4v) is 3.13. The van der Waals surface area contributed by atoms with Gasteiger partial charge >= 0.3 is 0 Å². The molecule has 10 heteroatoms. The number of fused-ring (bicyclic) bond motifs is 1. The van der Waals surface area contributed by atoms with Gasteiger partial charge in [0.15, 0.2) is 23.0 Å². The first-order valence-electron chi connectivity index (χ1n) is 10.6. The molecule has 1 heterocycles. The van der Waals surface area contributed by atoms with Crippen molar-refractivity contribution in [2.75, 3.05) is 32.2 Å². The first-order chi connectivity index (χ1) is 16.3. The van der Waals surface area contributed by atoms with Crippen molar-refractivity contribution >= 4 is 23.4 Å². The van der Waals surface area contributed by atoms with Gasteiger partial charge < -0.3 is 24.3 Å². The fourth-order valence-electron chi connectivity index (χ4n) is 3.13. The Morgan fingerprint density at radius 1 is 1.24 bits per heavy atom. The van der Waals surface area contributed by atoms with Crippen molar-refractivity contribution in [1.29, 1.82) is 5.26 Å².